The van der Waals surface area contributed by atoms with Gasteiger partial charge in [-0.1, -0.05) is 55.8 Å². The van der Waals surface area contributed by atoms with Crippen LogP contribution in [-0.2, 0) is 29.0 Å². The van der Waals surface area contributed by atoms with E-state index in [-0.39, 0.29) is 18.3 Å². The molecule has 5 heteroatoms. The molecule has 0 radical (unpaired) electrons. The van der Waals surface area contributed by atoms with Crippen LogP contribution in [0.25, 0.3) is 0 Å². The Morgan fingerprint density at radius 2 is 1.56 bits per heavy atom. The van der Waals surface area contributed by atoms with Crippen molar-refractivity contribution in [2.45, 2.75) is 39.2 Å². The normalized spacial score (nSPS) is 10.4. The summed E-state index contributed by atoms with van der Waals surface area (Å²) < 4.78 is 10.6. The molecule has 3 aromatic rings. The predicted molar refractivity (Wildman–Crippen MR) is 126 cm³/mol. The molecule has 1 amide bonds. The molecule has 0 aliphatic heterocycles. The highest BCUT2D eigenvalue weighted by molar-refractivity contribution is 6.04. The molecule has 166 valence electrons. The Balaban J connectivity index is 1.56. The minimum absolute atomic E-state index is 0.0965. The molecule has 0 aliphatic rings. The summed E-state index contributed by atoms with van der Waals surface area (Å²) in [5, 5.41) is 2.87. The van der Waals surface area contributed by atoms with E-state index >= 15 is 0 Å². The molecule has 1 N–H and O–H groups in total. The van der Waals surface area contributed by atoms with Gasteiger partial charge in [0.1, 0.15) is 12.4 Å². The first-order valence-electron chi connectivity index (χ1n) is 10.9. The first-order valence-corrected chi connectivity index (χ1v) is 10.9. The number of rotatable bonds is 10. The van der Waals surface area contributed by atoms with Crippen LogP contribution in [0.3, 0.4) is 0 Å². The topological polar surface area (TPSA) is 64.6 Å². The average molecular weight is 432 g/mol. The number of aryl methyl sites for hydroxylation is 1. The second-order valence-electron chi connectivity index (χ2n) is 7.60. The van der Waals surface area contributed by atoms with E-state index in [0.717, 1.165) is 12.0 Å². The summed E-state index contributed by atoms with van der Waals surface area (Å²) in [6.45, 7) is 2.67. The first-order chi connectivity index (χ1) is 15.6. The van der Waals surface area contributed by atoms with Crippen molar-refractivity contribution in [3.8, 4) is 5.75 Å². The average Bonchev–Trinajstić information content (AvgIpc) is 2.83. The predicted octanol–water partition coefficient (Wildman–Crippen LogP) is 5.58. The van der Waals surface area contributed by atoms with Gasteiger partial charge in [0, 0.05) is 11.3 Å². The summed E-state index contributed by atoms with van der Waals surface area (Å²) in [5.41, 5.74) is 4.25. The maximum absolute atomic E-state index is 12.7. The highest BCUT2D eigenvalue weighted by Gasteiger charge is 2.12. The van der Waals surface area contributed by atoms with Crippen molar-refractivity contribution in [1.29, 1.82) is 0 Å². The zero-order valence-electron chi connectivity index (χ0n) is 18.6. The Kier molecular flexibility index (Phi) is 8.44. The number of hydrogen-bond donors (Lipinski definition) is 1. The fraction of sp³-hybridized carbons (Fsp3) is 0.259. The summed E-state index contributed by atoms with van der Waals surface area (Å²) >= 11 is 0. The Hall–Kier alpha value is -3.60. The molecule has 0 saturated carbocycles. The summed E-state index contributed by atoms with van der Waals surface area (Å²) in [6, 6.07) is 22.7. The molecule has 0 spiro atoms. The molecular formula is C27H29NO4. The smallest absolute Gasteiger partial charge is 0.310 e. The van der Waals surface area contributed by atoms with E-state index in [1.54, 1.807) is 36.4 Å². The van der Waals surface area contributed by atoms with Crippen LogP contribution in [0, 0.1) is 0 Å². The van der Waals surface area contributed by atoms with Gasteiger partial charge in [-0.2, -0.15) is 0 Å². The van der Waals surface area contributed by atoms with Crippen LogP contribution in [0.4, 0.5) is 5.69 Å². The van der Waals surface area contributed by atoms with E-state index in [0.29, 0.717) is 29.2 Å². The van der Waals surface area contributed by atoms with E-state index in [1.807, 2.05) is 12.1 Å². The van der Waals surface area contributed by atoms with E-state index < -0.39 is 0 Å². The highest BCUT2D eigenvalue weighted by Crippen LogP contribution is 2.19. The summed E-state index contributed by atoms with van der Waals surface area (Å²) in [6.07, 6.45) is 3.60. The first kappa shape index (κ1) is 23.1. The Labute approximate surface area is 189 Å². The zero-order valence-corrected chi connectivity index (χ0v) is 18.6. The van der Waals surface area contributed by atoms with Crippen LogP contribution in [0.1, 0.15) is 46.8 Å². The van der Waals surface area contributed by atoms with E-state index in [1.165, 1.54) is 25.5 Å². The van der Waals surface area contributed by atoms with Crippen molar-refractivity contribution >= 4 is 17.6 Å². The zero-order chi connectivity index (χ0) is 22.8. The number of nitrogens with one attached hydrogen (secondary N) is 1. The molecule has 3 rings (SSSR count). The highest BCUT2D eigenvalue weighted by atomic mass is 16.5. The van der Waals surface area contributed by atoms with Crippen LogP contribution >= 0.6 is 0 Å². The van der Waals surface area contributed by atoms with Gasteiger partial charge in [-0.15, -0.1) is 0 Å². The number of benzene rings is 3. The number of para-hydroxylation sites is 1. The summed E-state index contributed by atoms with van der Waals surface area (Å²) in [7, 11) is 1.34. The van der Waals surface area contributed by atoms with E-state index in [2.05, 4.69) is 36.5 Å². The fourth-order valence-electron chi connectivity index (χ4n) is 3.27. The fourth-order valence-corrected chi connectivity index (χ4v) is 3.27. The molecule has 0 heterocycles. The van der Waals surface area contributed by atoms with Crippen LogP contribution in [0.5, 0.6) is 5.75 Å². The quantitative estimate of drug-likeness (QED) is 0.426. The second-order valence-corrected chi connectivity index (χ2v) is 7.60. The van der Waals surface area contributed by atoms with Gasteiger partial charge in [0.2, 0.25) is 0 Å². The van der Waals surface area contributed by atoms with Gasteiger partial charge in [0.15, 0.2) is 0 Å². The number of ether oxygens (including phenoxy) is 2. The van der Waals surface area contributed by atoms with Crippen LogP contribution < -0.4 is 10.1 Å². The SMILES string of the molecule is CCCCc1ccc(COc2ccc(C(=O)Nc3ccccc3CC(=O)OC)cc2)cc1. The minimum Gasteiger partial charge on any atom is -0.489 e. The molecule has 32 heavy (non-hydrogen) atoms. The van der Waals surface area contributed by atoms with Gasteiger partial charge < -0.3 is 14.8 Å². The van der Waals surface area contributed by atoms with Gasteiger partial charge in [0.05, 0.1) is 13.5 Å². The van der Waals surface area contributed by atoms with Crippen molar-refractivity contribution in [3.63, 3.8) is 0 Å². The molecule has 3 aromatic carbocycles. The Morgan fingerprint density at radius 1 is 0.875 bits per heavy atom. The van der Waals surface area contributed by atoms with Crippen molar-refractivity contribution in [2.75, 3.05) is 12.4 Å². The molecule has 0 aromatic heterocycles. The number of carbonyl (C=O) groups is 2. The van der Waals surface area contributed by atoms with Gasteiger partial charge in [-0.25, -0.2) is 0 Å². The van der Waals surface area contributed by atoms with Crippen LogP contribution in [-0.4, -0.2) is 19.0 Å². The largest absolute Gasteiger partial charge is 0.489 e. The Bertz CT molecular complexity index is 1030. The second kappa shape index (κ2) is 11.7. The molecule has 0 atom stereocenters. The maximum Gasteiger partial charge on any atom is 0.310 e. The standard InChI is InChI=1S/C27H29NO4/c1-3-4-7-20-10-12-21(13-11-20)19-32-24-16-14-22(15-17-24)27(30)28-25-9-6-5-8-23(25)18-26(29)31-2/h5-6,8-17H,3-4,7,18-19H2,1-2H3,(H,28,30). The molecule has 0 fully saturated rings. The Morgan fingerprint density at radius 3 is 2.25 bits per heavy atom. The lowest BCUT2D eigenvalue weighted by atomic mass is 10.1. The monoisotopic (exact) mass is 431 g/mol. The maximum atomic E-state index is 12.7. The number of carbonyl (C=O) groups excluding carboxylic acids is 2. The lowest BCUT2D eigenvalue weighted by Crippen LogP contribution is -2.14. The van der Waals surface area contributed by atoms with Gasteiger partial charge in [-0.05, 0) is 59.9 Å². The molecule has 5 nitrogen and oxygen atoms in total. The molecule has 0 unspecified atom stereocenters. The molecule has 0 bridgehead atoms. The van der Waals surface area contributed by atoms with Gasteiger partial charge >= 0.3 is 5.97 Å². The molecular weight excluding hydrogens is 402 g/mol. The van der Waals surface area contributed by atoms with Crippen molar-refractivity contribution in [2.24, 2.45) is 0 Å². The van der Waals surface area contributed by atoms with Crippen LogP contribution in [0.2, 0.25) is 0 Å². The van der Waals surface area contributed by atoms with Crippen molar-refractivity contribution < 1.29 is 19.1 Å². The third-order valence-electron chi connectivity index (χ3n) is 5.19. The molecule has 0 aliphatic carbocycles. The summed E-state index contributed by atoms with van der Waals surface area (Å²) in [5.74, 6) is 0.0861. The number of anilines is 1. The number of esters is 1. The van der Waals surface area contributed by atoms with Crippen molar-refractivity contribution in [3.05, 3.63) is 95.1 Å². The van der Waals surface area contributed by atoms with Crippen molar-refractivity contribution in [1.82, 2.24) is 0 Å². The third-order valence-corrected chi connectivity index (χ3v) is 5.19. The third kappa shape index (κ3) is 6.71. The minimum atomic E-state index is -0.358. The van der Waals surface area contributed by atoms with E-state index in [9.17, 15) is 9.59 Å². The molecule has 0 saturated heterocycles. The van der Waals surface area contributed by atoms with Gasteiger partial charge in [-0.3, -0.25) is 9.59 Å². The number of amides is 1. The number of unbranched alkanes of at least 4 members (excludes halogenated alkanes) is 1. The van der Waals surface area contributed by atoms with Crippen LogP contribution in [0.15, 0.2) is 72.8 Å². The van der Waals surface area contributed by atoms with E-state index in [4.69, 9.17) is 9.47 Å². The lowest BCUT2D eigenvalue weighted by molar-refractivity contribution is -0.139. The summed E-state index contributed by atoms with van der Waals surface area (Å²) in [4.78, 5) is 24.3. The lowest BCUT2D eigenvalue weighted by Gasteiger charge is -2.11. The number of hydrogen-bond acceptors (Lipinski definition) is 4. The number of methoxy groups -OCH3 is 1. The van der Waals surface area contributed by atoms with Gasteiger partial charge in [0.25, 0.3) is 5.91 Å².